The van der Waals surface area contributed by atoms with E-state index in [1.807, 2.05) is 0 Å². The van der Waals surface area contributed by atoms with E-state index in [0.29, 0.717) is 6.20 Å². The lowest BCUT2D eigenvalue weighted by Gasteiger charge is -2.08. The Hall–Kier alpha value is -1.72. The maximum absolute atomic E-state index is 12.4. The first kappa shape index (κ1) is 17.3. The highest BCUT2D eigenvalue weighted by molar-refractivity contribution is 8.00. The Morgan fingerprint density at radius 1 is 1.57 bits per heavy atom. The number of Topliss-reactive ketones (excluding diaryl/α,β-unsaturated/α-hetero) is 1. The first-order chi connectivity index (χ1) is 9.66. The molecule has 21 heavy (non-hydrogen) atoms. The number of carbonyl (C=O) groups excluding carboxylic acids is 1. The van der Waals surface area contributed by atoms with Crippen LogP contribution in [-0.4, -0.2) is 16.5 Å². The van der Waals surface area contributed by atoms with E-state index in [0.717, 1.165) is 17.8 Å². The molecule has 0 bridgehead atoms. The Morgan fingerprint density at radius 3 is 2.62 bits per heavy atom. The highest BCUT2D eigenvalue weighted by Gasteiger charge is 2.31. The van der Waals surface area contributed by atoms with Crippen molar-refractivity contribution in [2.24, 2.45) is 5.73 Å². The second-order valence-electron chi connectivity index (χ2n) is 3.89. The zero-order valence-electron chi connectivity index (χ0n) is 10.7. The van der Waals surface area contributed by atoms with Crippen molar-refractivity contribution in [3.05, 3.63) is 34.1 Å². The van der Waals surface area contributed by atoms with Gasteiger partial charge in [-0.3, -0.25) is 4.79 Å². The summed E-state index contributed by atoms with van der Waals surface area (Å²) >= 11 is 6.53. The lowest BCUT2D eigenvalue weighted by atomic mass is 10.2. The average molecular weight is 336 g/mol. The topological polar surface area (TPSA) is 79.8 Å². The molecule has 4 nitrogen and oxygen atoms in total. The predicted octanol–water partition coefficient (Wildman–Crippen LogP) is 3.17. The summed E-state index contributed by atoms with van der Waals surface area (Å²) in [5.74, 6) is -0.740. The van der Waals surface area contributed by atoms with E-state index < -0.39 is 17.5 Å². The second-order valence-corrected chi connectivity index (χ2v) is 5.26. The van der Waals surface area contributed by atoms with Crippen LogP contribution < -0.4 is 5.73 Å². The predicted molar refractivity (Wildman–Crippen MR) is 72.5 cm³/mol. The van der Waals surface area contributed by atoms with Crippen LogP contribution in [0, 0.1) is 11.3 Å². The SMILES string of the molecule is C/C(N)=C(\C#N)C(=O)CSc1ncc(C(F)(F)F)cc1Cl. The Bertz CT molecular complexity index is 634. The van der Waals surface area contributed by atoms with Crippen LogP contribution in [0.1, 0.15) is 12.5 Å². The van der Waals surface area contributed by atoms with Crippen molar-refractivity contribution in [3.8, 4) is 6.07 Å². The van der Waals surface area contributed by atoms with E-state index in [1.54, 1.807) is 6.07 Å². The molecule has 0 radical (unpaired) electrons. The fourth-order valence-electron chi connectivity index (χ4n) is 1.26. The molecule has 0 unspecified atom stereocenters. The molecule has 1 aromatic heterocycles. The third kappa shape index (κ3) is 4.65. The minimum atomic E-state index is -4.54. The smallest absolute Gasteiger partial charge is 0.401 e. The number of hydrogen-bond donors (Lipinski definition) is 1. The summed E-state index contributed by atoms with van der Waals surface area (Å²) < 4.78 is 37.3. The van der Waals surface area contributed by atoms with E-state index in [9.17, 15) is 18.0 Å². The third-order valence-corrected chi connectivity index (χ3v) is 3.67. The molecule has 0 saturated carbocycles. The maximum Gasteiger partial charge on any atom is 0.417 e. The molecule has 1 aromatic rings. The number of hydrogen-bond acceptors (Lipinski definition) is 5. The van der Waals surface area contributed by atoms with Gasteiger partial charge < -0.3 is 5.73 Å². The Balaban J connectivity index is 2.85. The molecule has 0 aromatic carbocycles. The molecule has 0 fully saturated rings. The van der Waals surface area contributed by atoms with Gasteiger partial charge in [0.15, 0.2) is 5.78 Å². The van der Waals surface area contributed by atoms with Crippen molar-refractivity contribution in [3.63, 3.8) is 0 Å². The fourth-order valence-corrected chi connectivity index (χ4v) is 2.33. The van der Waals surface area contributed by atoms with E-state index in [2.05, 4.69) is 4.98 Å². The molecule has 1 heterocycles. The van der Waals surface area contributed by atoms with Gasteiger partial charge in [0, 0.05) is 11.9 Å². The van der Waals surface area contributed by atoms with Crippen LogP contribution in [0.15, 0.2) is 28.6 Å². The van der Waals surface area contributed by atoms with E-state index in [-0.39, 0.29) is 27.1 Å². The largest absolute Gasteiger partial charge is 0.417 e. The summed E-state index contributed by atoms with van der Waals surface area (Å²) in [6, 6.07) is 2.40. The molecular formula is C12H9ClF3N3OS. The van der Waals surface area contributed by atoms with Gasteiger partial charge in [0.1, 0.15) is 16.7 Å². The monoisotopic (exact) mass is 335 g/mol. The van der Waals surface area contributed by atoms with Crippen molar-refractivity contribution in [1.29, 1.82) is 5.26 Å². The van der Waals surface area contributed by atoms with Gasteiger partial charge in [0.25, 0.3) is 0 Å². The van der Waals surface area contributed by atoms with Gasteiger partial charge in [-0.25, -0.2) is 4.98 Å². The summed E-state index contributed by atoms with van der Waals surface area (Å²) in [6.45, 7) is 1.41. The normalized spacial score (nSPS) is 12.6. The minimum Gasteiger partial charge on any atom is -0.401 e. The van der Waals surface area contributed by atoms with Crippen molar-refractivity contribution < 1.29 is 18.0 Å². The van der Waals surface area contributed by atoms with E-state index >= 15 is 0 Å². The van der Waals surface area contributed by atoms with Gasteiger partial charge in [-0.1, -0.05) is 23.4 Å². The number of thioether (sulfide) groups is 1. The lowest BCUT2D eigenvalue weighted by molar-refractivity contribution is -0.137. The zero-order valence-corrected chi connectivity index (χ0v) is 12.2. The number of aromatic nitrogens is 1. The molecule has 0 spiro atoms. The number of pyridine rings is 1. The van der Waals surface area contributed by atoms with Crippen molar-refractivity contribution in [1.82, 2.24) is 4.98 Å². The Labute approximate surface area is 127 Å². The summed E-state index contributed by atoms with van der Waals surface area (Å²) in [5.41, 5.74) is 4.29. The molecule has 0 saturated heterocycles. The van der Waals surface area contributed by atoms with Gasteiger partial charge in [-0.05, 0) is 13.0 Å². The van der Waals surface area contributed by atoms with Crippen LogP contribution in [0.25, 0.3) is 0 Å². The molecule has 112 valence electrons. The zero-order chi connectivity index (χ0) is 16.2. The molecule has 0 amide bonds. The van der Waals surface area contributed by atoms with Crippen LogP contribution in [-0.2, 0) is 11.0 Å². The van der Waals surface area contributed by atoms with E-state index in [1.165, 1.54) is 6.92 Å². The van der Waals surface area contributed by atoms with Gasteiger partial charge in [-0.15, -0.1) is 0 Å². The number of carbonyl (C=O) groups is 1. The van der Waals surface area contributed by atoms with Crippen LogP contribution in [0.3, 0.4) is 0 Å². The highest BCUT2D eigenvalue weighted by Crippen LogP contribution is 2.33. The number of ketones is 1. The summed E-state index contributed by atoms with van der Waals surface area (Å²) in [6.07, 6.45) is -3.91. The molecule has 9 heteroatoms. The standard InChI is InChI=1S/C12H9ClF3N3OS/c1-6(18)8(3-17)10(20)5-21-11-9(13)2-7(4-19-11)12(14,15)16/h2,4H,5,18H2,1H3/b8-6-. The number of nitriles is 1. The first-order valence-corrected chi connectivity index (χ1v) is 6.78. The molecule has 1 rings (SSSR count). The first-order valence-electron chi connectivity index (χ1n) is 5.42. The van der Waals surface area contributed by atoms with E-state index in [4.69, 9.17) is 22.6 Å². The number of nitrogens with zero attached hydrogens (tertiary/aromatic N) is 2. The maximum atomic E-state index is 12.4. The van der Waals surface area contributed by atoms with Crippen molar-refractivity contribution in [2.75, 3.05) is 5.75 Å². The molecule has 0 aliphatic carbocycles. The number of alkyl halides is 3. The van der Waals surface area contributed by atoms with Gasteiger partial charge in [0.05, 0.1) is 16.3 Å². The molecule has 0 aliphatic rings. The molecule has 2 N–H and O–H groups in total. The number of rotatable bonds is 4. The molecule has 0 atom stereocenters. The van der Waals surface area contributed by atoms with Gasteiger partial charge >= 0.3 is 6.18 Å². The Kier molecular flexibility index (Phi) is 5.63. The van der Waals surface area contributed by atoms with Crippen LogP contribution in [0.2, 0.25) is 5.02 Å². The number of halogens is 4. The van der Waals surface area contributed by atoms with Crippen molar-refractivity contribution in [2.45, 2.75) is 18.1 Å². The third-order valence-electron chi connectivity index (χ3n) is 2.26. The van der Waals surface area contributed by atoms with Gasteiger partial charge in [0.2, 0.25) is 0 Å². The second kappa shape index (κ2) is 6.83. The van der Waals surface area contributed by atoms with Crippen LogP contribution >= 0.6 is 23.4 Å². The average Bonchev–Trinajstić information content (AvgIpc) is 2.36. The quantitative estimate of drug-likeness (QED) is 0.519. The summed E-state index contributed by atoms with van der Waals surface area (Å²) in [7, 11) is 0. The minimum absolute atomic E-state index is 0.0741. The fraction of sp³-hybridized carbons (Fsp3) is 0.250. The number of allylic oxidation sites excluding steroid dienone is 2. The summed E-state index contributed by atoms with van der Waals surface area (Å²) in [5, 5.41) is 8.62. The Morgan fingerprint density at radius 2 is 2.19 bits per heavy atom. The van der Waals surface area contributed by atoms with Crippen molar-refractivity contribution >= 4 is 29.1 Å². The van der Waals surface area contributed by atoms with Crippen LogP contribution in [0.5, 0.6) is 0 Å². The van der Waals surface area contributed by atoms with Crippen LogP contribution in [0.4, 0.5) is 13.2 Å². The highest BCUT2D eigenvalue weighted by atomic mass is 35.5. The number of nitrogens with two attached hydrogens (primary N) is 1. The molecule has 0 aliphatic heterocycles. The lowest BCUT2D eigenvalue weighted by Crippen LogP contribution is -2.10. The summed E-state index contributed by atoms with van der Waals surface area (Å²) in [4.78, 5) is 15.3. The van der Waals surface area contributed by atoms with Gasteiger partial charge in [-0.2, -0.15) is 18.4 Å². The molecular weight excluding hydrogens is 327 g/mol.